The van der Waals surface area contributed by atoms with Crippen LogP contribution in [0.1, 0.15) is 43.5 Å². The molecule has 7 heteroatoms. The molecule has 0 amide bonds. The van der Waals surface area contributed by atoms with E-state index in [2.05, 4.69) is 16.9 Å². The lowest BCUT2D eigenvalue weighted by molar-refractivity contribution is 0.0526. The number of carbonyl (C=O) groups is 1. The number of hydrogen-bond donors (Lipinski definition) is 0. The van der Waals surface area contributed by atoms with Gasteiger partial charge in [-0.05, 0) is 31.5 Å². The normalized spacial score (nSPS) is 10.5. The van der Waals surface area contributed by atoms with Crippen molar-refractivity contribution in [1.29, 1.82) is 0 Å². The second-order valence-electron chi connectivity index (χ2n) is 6.35. The first-order chi connectivity index (χ1) is 13.5. The van der Waals surface area contributed by atoms with E-state index >= 15 is 0 Å². The van der Waals surface area contributed by atoms with Gasteiger partial charge in [-0.2, -0.15) is 0 Å². The SMILES string of the molecule is CCCCCN(C)c1nc(-c2ccc(OC)c(OC)c2)ncc1C(=O)OCC. The van der Waals surface area contributed by atoms with Crippen LogP contribution in [-0.4, -0.2) is 50.4 Å². The molecule has 0 aliphatic rings. The first kappa shape index (κ1) is 21.5. The molecule has 0 unspecified atom stereocenters. The third kappa shape index (κ3) is 5.12. The number of aromatic nitrogens is 2. The fourth-order valence-electron chi connectivity index (χ4n) is 2.84. The molecule has 0 fully saturated rings. The molecular weight excluding hydrogens is 358 g/mol. The fraction of sp³-hybridized carbons (Fsp3) is 0.476. The Balaban J connectivity index is 2.44. The Labute approximate surface area is 166 Å². The lowest BCUT2D eigenvalue weighted by atomic mass is 10.1. The number of hydrogen-bond acceptors (Lipinski definition) is 7. The average molecular weight is 387 g/mol. The van der Waals surface area contributed by atoms with Crippen LogP contribution in [0.4, 0.5) is 5.82 Å². The van der Waals surface area contributed by atoms with E-state index < -0.39 is 5.97 Å². The van der Waals surface area contributed by atoms with Gasteiger partial charge in [0.05, 0.1) is 20.8 Å². The van der Waals surface area contributed by atoms with E-state index in [9.17, 15) is 4.79 Å². The van der Waals surface area contributed by atoms with Gasteiger partial charge in [-0.15, -0.1) is 0 Å². The minimum absolute atomic E-state index is 0.301. The molecule has 7 nitrogen and oxygen atoms in total. The molecule has 0 bridgehead atoms. The maximum atomic E-state index is 12.4. The van der Waals surface area contributed by atoms with Gasteiger partial charge in [-0.3, -0.25) is 0 Å². The lowest BCUT2D eigenvalue weighted by Gasteiger charge is -2.21. The Bertz CT molecular complexity index is 795. The van der Waals surface area contributed by atoms with Crippen molar-refractivity contribution in [1.82, 2.24) is 9.97 Å². The molecule has 0 saturated carbocycles. The molecule has 1 aromatic carbocycles. The summed E-state index contributed by atoms with van der Waals surface area (Å²) < 4.78 is 15.8. The Hall–Kier alpha value is -2.83. The summed E-state index contributed by atoms with van der Waals surface area (Å²) in [4.78, 5) is 23.4. The summed E-state index contributed by atoms with van der Waals surface area (Å²) in [6, 6.07) is 5.49. The van der Waals surface area contributed by atoms with Crippen LogP contribution in [-0.2, 0) is 4.74 Å². The molecule has 0 spiro atoms. The maximum Gasteiger partial charge on any atom is 0.343 e. The summed E-state index contributed by atoms with van der Waals surface area (Å²) in [7, 11) is 5.10. The number of methoxy groups -OCH3 is 2. The number of anilines is 1. The predicted molar refractivity (Wildman–Crippen MR) is 109 cm³/mol. The minimum Gasteiger partial charge on any atom is -0.493 e. The number of unbranched alkanes of at least 4 members (excludes halogenated alkanes) is 2. The molecule has 0 aliphatic carbocycles. The molecule has 0 saturated heterocycles. The summed E-state index contributed by atoms with van der Waals surface area (Å²) in [6.07, 6.45) is 4.79. The van der Waals surface area contributed by atoms with Crippen LogP contribution >= 0.6 is 0 Å². The monoisotopic (exact) mass is 387 g/mol. The highest BCUT2D eigenvalue weighted by Crippen LogP contribution is 2.32. The van der Waals surface area contributed by atoms with Crippen molar-refractivity contribution >= 4 is 11.8 Å². The summed E-state index contributed by atoms with van der Waals surface area (Å²) in [5, 5.41) is 0. The smallest absolute Gasteiger partial charge is 0.343 e. The fourth-order valence-corrected chi connectivity index (χ4v) is 2.84. The third-order valence-electron chi connectivity index (χ3n) is 4.36. The van der Waals surface area contributed by atoms with Gasteiger partial charge in [0.1, 0.15) is 11.4 Å². The number of rotatable bonds is 10. The van der Waals surface area contributed by atoms with Crippen LogP contribution in [0.15, 0.2) is 24.4 Å². The molecule has 0 radical (unpaired) electrons. The van der Waals surface area contributed by atoms with E-state index in [4.69, 9.17) is 14.2 Å². The Kier molecular flexibility index (Phi) is 8.04. The van der Waals surface area contributed by atoms with Crippen LogP contribution in [0.3, 0.4) is 0 Å². The number of ether oxygens (including phenoxy) is 3. The van der Waals surface area contributed by atoms with Crippen LogP contribution in [0.5, 0.6) is 11.5 Å². The standard InChI is InChI=1S/C21H29N3O4/c1-6-8-9-12-24(3)20-16(21(25)28-7-2)14-22-19(23-20)15-10-11-17(26-4)18(13-15)27-5/h10-11,13-14H,6-9,12H2,1-5H3. The van der Waals surface area contributed by atoms with Crippen molar-refractivity contribution in [2.45, 2.75) is 33.1 Å². The van der Waals surface area contributed by atoms with E-state index in [1.54, 1.807) is 27.2 Å². The number of carbonyl (C=O) groups excluding carboxylic acids is 1. The second-order valence-corrected chi connectivity index (χ2v) is 6.35. The summed E-state index contributed by atoms with van der Waals surface area (Å²) in [5.74, 6) is 1.88. The summed E-state index contributed by atoms with van der Waals surface area (Å²) in [6.45, 7) is 5.03. The molecule has 0 atom stereocenters. The molecule has 1 heterocycles. The van der Waals surface area contributed by atoms with Gasteiger partial charge in [-0.25, -0.2) is 14.8 Å². The van der Waals surface area contributed by atoms with Gasteiger partial charge in [0, 0.05) is 25.4 Å². The van der Waals surface area contributed by atoms with Crippen LogP contribution in [0.25, 0.3) is 11.4 Å². The summed E-state index contributed by atoms with van der Waals surface area (Å²) >= 11 is 0. The number of nitrogens with zero attached hydrogens (tertiary/aromatic N) is 3. The zero-order valence-electron chi connectivity index (χ0n) is 17.3. The van der Waals surface area contributed by atoms with Crippen molar-refractivity contribution in [3.63, 3.8) is 0 Å². The molecule has 2 aromatic rings. The Morgan fingerprint density at radius 2 is 1.86 bits per heavy atom. The minimum atomic E-state index is -0.418. The van der Waals surface area contributed by atoms with Gasteiger partial charge in [0.2, 0.25) is 0 Å². The van der Waals surface area contributed by atoms with Crippen molar-refractivity contribution in [2.24, 2.45) is 0 Å². The molecule has 152 valence electrons. The average Bonchev–Trinajstić information content (AvgIpc) is 2.73. The number of esters is 1. The van der Waals surface area contributed by atoms with Crippen molar-refractivity contribution in [2.75, 3.05) is 39.3 Å². The zero-order chi connectivity index (χ0) is 20.5. The van der Waals surface area contributed by atoms with Crippen molar-refractivity contribution < 1.29 is 19.0 Å². The quantitative estimate of drug-likeness (QED) is 0.451. The molecule has 1 aromatic heterocycles. The first-order valence-corrected chi connectivity index (χ1v) is 9.53. The summed E-state index contributed by atoms with van der Waals surface area (Å²) in [5.41, 5.74) is 1.14. The Morgan fingerprint density at radius 3 is 2.50 bits per heavy atom. The zero-order valence-corrected chi connectivity index (χ0v) is 17.3. The van der Waals surface area contributed by atoms with Crippen molar-refractivity contribution in [3.05, 3.63) is 30.0 Å². The molecular formula is C21H29N3O4. The Morgan fingerprint density at radius 1 is 1.11 bits per heavy atom. The topological polar surface area (TPSA) is 73.8 Å². The highest BCUT2D eigenvalue weighted by molar-refractivity contribution is 5.94. The van der Waals surface area contributed by atoms with Gasteiger partial charge < -0.3 is 19.1 Å². The van der Waals surface area contributed by atoms with E-state index in [0.29, 0.717) is 35.3 Å². The highest BCUT2D eigenvalue weighted by Gasteiger charge is 2.20. The lowest BCUT2D eigenvalue weighted by Crippen LogP contribution is -2.23. The first-order valence-electron chi connectivity index (χ1n) is 9.53. The van der Waals surface area contributed by atoms with Crippen LogP contribution in [0.2, 0.25) is 0 Å². The molecule has 0 N–H and O–H groups in total. The largest absolute Gasteiger partial charge is 0.493 e. The third-order valence-corrected chi connectivity index (χ3v) is 4.36. The van der Waals surface area contributed by atoms with Crippen LogP contribution in [0, 0.1) is 0 Å². The molecule has 2 rings (SSSR count). The second kappa shape index (κ2) is 10.5. The molecule has 28 heavy (non-hydrogen) atoms. The van der Waals surface area contributed by atoms with E-state index in [0.717, 1.165) is 31.4 Å². The van der Waals surface area contributed by atoms with E-state index in [-0.39, 0.29) is 0 Å². The molecule has 0 aliphatic heterocycles. The maximum absolute atomic E-state index is 12.4. The van der Waals surface area contributed by atoms with Gasteiger partial charge in [-0.1, -0.05) is 19.8 Å². The van der Waals surface area contributed by atoms with E-state index in [1.165, 1.54) is 6.20 Å². The van der Waals surface area contributed by atoms with Gasteiger partial charge in [0.15, 0.2) is 17.3 Å². The highest BCUT2D eigenvalue weighted by atomic mass is 16.5. The van der Waals surface area contributed by atoms with Gasteiger partial charge in [0.25, 0.3) is 0 Å². The van der Waals surface area contributed by atoms with Gasteiger partial charge >= 0.3 is 5.97 Å². The van der Waals surface area contributed by atoms with Crippen LogP contribution < -0.4 is 14.4 Å². The predicted octanol–water partition coefficient (Wildman–Crippen LogP) is 3.96. The van der Waals surface area contributed by atoms with Crippen molar-refractivity contribution in [3.8, 4) is 22.9 Å². The van der Waals surface area contributed by atoms with E-state index in [1.807, 2.05) is 24.1 Å². The number of benzene rings is 1.